The monoisotopic (exact) mass is 310 g/mol. The SMILES string of the molecule is C[S+](C)c1ccc(O)cc1.C[S+](C)c1ccc(O)cc1. The number of rotatable bonds is 2. The Morgan fingerprint density at radius 3 is 1.00 bits per heavy atom. The summed E-state index contributed by atoms with van der Waals surface area (Å²) in [5, 5.41) is 17.9. The third kappa shape index (κ3) is 5.80. The van der Waals surface area contributed by atoms with Crippen LogP contribution < -0.4 is 0 Å². The molecule has 0 aliphatic heterocycles. The number of benzene rings is 2. The summed E-state index contributed by atoms with van der Waals surface area (Å²) in [7, 11) is 0.603. The highest BCUT2D eigenvalue weighted by Gasteiger charge is 2.06. The van der Waals surface area contributed by atoms with Crippen molar-refractivity contribution in [2.45, 2.75) is 9.79 Å². The molecule has 0 spiro atoms. The Balaban J connectivity index is 0.000000200. The van der Waals surface area contributed by atoms with Crippen LogP contribution in [0.3, 0.4) is 0 Å². The van der Waals surface area contributed by atoms with Crippen molar-refractivity contribution in [1.82, 2.24) is 0 Å². The van der Waals surface area contributed by atoms with E-state index in [0.717, 1.165) is 0 Å². The lowest BCUT2D eigenvalue weighted by atomic mass is 10.3. The Bertz CT molecular complexity index is 456. The number of hydrogen-bond acceptors (Lipinski definition) is 2. The summed E-state index contributed by atoms with van der Waals surface area (Å²) in [4.78, 5) is 2.58. The van der Waals surface area contributed by atoms with Crippen molar-refractivity contribution in [3.8, 4) is 11.5 Å². The molecule has 0 bridgehead atoms. The fraction of sp³-hybridized carbons (Fsp3) is 0.250. The van der Waals surface area contributed by atoms with Crippen LogP contribution in [0.4, 0.5) is 0 Å². The second-order valence-electron chi connectivity index (χ2n) is 4.62. The van der Waals surface area contributed by atoms with Crippen molar-refractivity contribution in [2.24, 2.45) is 0 Å². The number of aromatic hydroxyl groups is 2. The molecule has 0 aliphatic rings. The number of phenolic OH excluding ortho intramolecular Hbond substituents is 2. The summed E-state index contributed by atoms with van der Waals surface area (Å²) in [5.41, 5.74) is 0. The van der Waals surface area contributed by atoms with Crippen LogP contribution in [0.5, 0.6) is 11.5 Å². The lowest BCUT2D eigenvalue weighted by molar-refractivity contribution is 0.474. The second kappa shape index (κ2) is 8.12. The molecule has 2 aromatic rings. The van der Waals surface area contributed by atoms with Gasteiger partial charge in [0, 0.05) is 21.8 Å². The Labute approximate surface area is 127 Å². The summed E-state index contributed by atoms with van der Waals surface area (Å²) < 4.78 is 0. The van der Waals surface area contributed by atoms with E-state index in [9.17, 15) is 0 Å². The molecular weight excluding hydrogens is 288 g/mol. The predicted octanol–water partition coefficient (Wildman–Crippen LogP) is 3.26. The van der Waals surface area contributed by atoms with Gasteiger partial charge in [-0.2, -0.15) is 0 Å². The molecule has 2 aromatic carbocycles. The molecule has 0 aromatic heterocycles. The molecule has 2 nitrogen and oxygen atoms in total. The average molecular weight is 310 g/mol. The fourth-order valence-electron chi connectivity index (χ4n) is 1.44. The van der Waals surface area contributed by atoms with E-state index in [1.807, 2.05) is 24.3 Å². The Morgan fingerprint density at radius 1 is 0.550 bits per heavy atom. The molecule has 2 rings (SSSR count). The van der Waals surface area contributed by atoms with Gasteiger partial charge < -0.3 is 10.2 Å². The molecule has 0 amide bonds. The molecule has 4 heteroatoms. The zero-order chi connectivity index (χ0) is 15.1. The van der Waals surface area contributed by atoms with Crippen molar-refractivity contribution in [2.75, 3.05) is 25.0 Å². The van der Waals surface area contributed by atoms with E-state index in [1.165, 1.54) is 9.79 Å². The molecule has 0 fully saturated rings. The van der Waals surface area contributed by atoms with Crippen LogP contribution in [0.15, 0.2) is 58.3 Å². The molecule has 0 atom stereocenters. The van der Waals surface area contributed by atoms with E-state index in [4.69, 9.17) is 10.2 Å². The van der Waals surface area contributed by atoms with E-state index in [2.05, 4.69) is 25.0 Å². The van der Waals surface area contributed by atoms with Gasteiger partial charge in [0.2, 0.25) is 0 Å². The second-order valence-corrected chi connectivity index (χ2v) is 8.83. The Hall–Kier alpha value is -1.26. The van der Waals surface area contributed by atoms with Crippen LogP contribution >= 0.6 is 0 Å². The van der Waals surface area contributed by atoms with Gasteiger partial charge in [0.25, 0.3) is 0 Å². The van der Waals surface area contributed by atoms with Crippen molar-refractivity contribution in [3.05, 3.63) is 48.5 Å². The first-order valence-electron chi connectivity index (χ1n) is 6.13. The smallest absolute Gasteiger partial charge is 0.154 e. The zero-order valence-corrected chi connectivity index (χ0v) is 14.0. The van der Waals surface area contributed by atoms with Crippen LogP contribution in [-0.2, 0) is 21.8 Å². The third-order valence-corrected chi connectivity index (χ3v) is 5.05. The molecule has 0 aliphatic carbocycles. The predicted molar refractivity (Wildman–Crippen MR) is 91.2 cm³/mol. The van der Waals surface area contributed by atoms with E-state index in [-0.39, 0.29) is 0 Å². The molecule has 0 radical (unpaired) electrons. The zero-order valence-electron chi connectivity index (χ0n) is 12.3. The standard InChI is InChI=1S/2C8H10OS/c2*1-10(2)8-5-3-7(9)4-6-8/h2*3-6H,1-2H3/p+2. The Morgan fingerprint density at radius 2 is 0.800 bits per heavy atom. The maximum atomic E-state index is 8.94. The van der Waals surface area contributed by atoms with Gasteiger partial charge in [-0.1, -0.05) is 0 Å². The van der Waals surface area contributed by atoms with Crippen LogP contribution in [0.1, 0.15) is 0 Å². The lowest BCUT2D eigenvalue weighted by Crippen LogP contribution is -1.93. The highest BCUT2D eigenvalue weighted by molar-refractivity contribution is 7.95. The van der Waals surface area contributed by atoms with Gasteiger partial charge in [0.05, 0.1) is 0 Å². The number of hydrogen-bond donors (Lipinski definition) is 2. The maximum Gasteiger partial charge on any atom is 0.154 e. The fourth-order valence-corrected chi connectivity index (χ4v) is 2.80. The van der Waals surface area contributed by atoms with Crippen molar-refractivity contribution in [1.29, 1.82) is 0 Å². The van der Waals surface area contributed by atoms with Gasteiger partial charge in [-0.25, -0.2) is 0 Å². The molecule has 0 saturated heterocycles. The van der Waals surface area contributed by atoms with Gasteiger partial charge in [0.15, 0.2) is 9.79 Å². The van der Waals surface area contributed by atoms with Gasteiger partial charge >= 0.3 is 0 Å². The van der Waals surface area contributed by atoms with Crippen molar-refractivity contribution in [3.63, 3.8) is 0 Å². The maximum absolute atomic E-state index is 8.94. The highest BCUT2D eigenvalue weighted by atomic mass is 32.2. The van der Waals surface area contributed by atoms with E-state index >= 15 is 0 Å². The van der Waals surface area contributed by atoms with Gasteiger partial charge in [-0.05, 0) is 48.5 Å². The molecule has 0 saturated carbocycles. The third-order valence-electron chi connectivity index (χ3n) is 2.62. The average Bonchev–Trinajstić information content (AvgIpc) is 2.40. The first-order chi connectivity index (χ1) is 9.40. The molecule has 0 unspecified atom stereocenters. The summed E-state index contributed by atoms with van der Waals surface area (Å²) in [6.45, 7) is 0. The largest absolute Gasteiger partial charge is 0.508 e. The van der Waals surface area contributed by atoms with E-state index < -0.39 is 0 Å². The Kier molecular flexibility index (Phi) is 6.82. The minimum atomic E-state index is 0.302. The van der Waals surface area contributed by atoms with Crippen LogP contribution in [0.25, 0.3) is 0 Å². The van der Waals surface area contributed by atoms with Crippen LogP contribution in [0.2, 0.25) is 0 Å². The normalized spacial score (nSPS) is 10.3. The first-order valence-corrected chi connectivity index (χ1v) is 10.2. The quantitative estimate of drug-likeness (QED) is 0.836. The van der Waals surface area contributed by atoms with E-state index in [0.29, 0.717) is 33.3 Å². The summed E-state index contributed by atoms with van der Waals surface area (Å²) in [6, 6.07) is 14.7. The van der Waals surface area contributed by atoms with Gasteiger partial charge in [-0.3, -0.25) is 0 Å². The van der Waals surface area contributed by atoms with Gasteiger partial charge in [0.1, 0.15) is 36.5 Å². The molecule has 20 heavy (non-hydrogen) atoms. The minimum absolute atomic E-state index is 0.302. The van der Waals surface area contributed by atoms with Crippen molar-refractivity contribution < 1.29 is 10.2 Å². The molecule has 108 valence electrons. The molecule has 0 heterocycles. The molecular formula is C16H22O2S2+2. The minimum Gasteiger partial charge on any atom is -0.508 e. The van der Waals surface area contributed by atoms with Crippen LogP contribution in [0, 0.1) is 0 Å². The van der Waals surface area contributed by atoms with Crippen molar-refractivity contribution >= 4 is 21.8 Å². The topological polar surface area (TPSA) is 40.5 Å². The molecule has 2 N–H and O–H groups in total. The summed E-state index contributed by atoms with van der Waals surface area (Å²) in [6.07, 6.45) is 8.64. The lowest BCUT2D eigenvalue weighted by Gasteiger charge is -1.94. The number of phenols is 2. The van der Waals surface area contributed by atoms with E-state index in [1.54, 1.807) is 24.3 Å². The van der Waals surface area contributed by atoms with Gasteiger partial charge in [-0.15, -0.1) is 0 Å². The first kappa shape index (κ1) is 16.8. The highest BCUT2D eigenvalue weighted by Crippen LogP contribution is 2.14. The summed E-state index contributed by atoms with van der Waals surface area (Å²) >= 11 is 0. The van der Waals surface area contributed by atoms with Crippen LogP contribution in [-0.4, -0.2) is 35.2 Å². The summed E-state index contributed by atoms with van der Waals surface area (Å²) in [5.74, 6) is 0.684.